The minimum Gasteiger partial charge on any atom is -0.496 e. The Morgan fingerprint density at radius 3 is 2.75 bits per heavy atom. The van der Waals surface area contributed by atoms with Crippen LogP contribution in [0.3, 0.4) is 0 Å². The van der Waals surface area contributed by atoms with Gasteiger partial charge in [0.15, 0.2) is 0 Å². The van der Waals surface area contributed by atoms with Crippen molar-refractivity contribution in [2.24, 2.45) is 0 Å². The van der Waals surface area contributed by atoms with Crippen LogP contribution in [0.2, 0.25) is 0 Å². The molecule has 3 heteroatoms. The lowest BCUT2D eigenvalue weighted by Crippen LogP contribution is -2.06. The van der Waals surface area contributed by atoms with Gasteiger partial charge in [-0.3, -0.25) is 0 Å². The average Bonchev–Trinajstić information content (AvgIpc) is 2.83. The van der Waals surface area contributed by atoms with Gasteiger partial charge in [0.25, 0.3) is 0 Å². The summed E-state index contributed by atoms with van der Waals surface area (Å²) in [6.45, 7) is 0.787. The van der Waals surface area contributed by atoms with Crippen LogP contribution in [0.5, 0.6) is 5.75 Å². The van der Waals surface area contributed by atoms with E-state index in [2.05, 4.69) is 11.4 Å². The molecular weight excluding hydrogens is 202 g/mol. The van der Waals surface area contributed by atoms with E-state index in [4.69, 9.17) is 9.15 Å². The number of ether oxygens (including phenoxy) is 1. The summed E-state index contributed by atoms with van der Waals surface area (Å²) < 4.78 is 10.4. The number of furan rings is 1. The van der Waals surface area contributed by atoms with Crippen LogP contribution in [0, 0.1) is 0 Å². The molecule has 1 N–H and O–H groups in total. The van der Waals surface area contributed by atoms with Gasteiger partial charge in [0.05, 0.1) is 19.6 Å². The highest BCUT2D eigenvalue weighted by molar-refractivity contribution is 5.64. The van der Waals surface area contributed by atoms with E-state index in [-0.39, 0.29) is 0 Å². The maximum Gasteiger partial charge on any atom is 0.123 e. The largest absolute Gasteiger partial charge is 0.496 e. The van der Waals surface area contributed by atoms with Crippen LogP contribution in [-0.4, -0.2) is 14.2 Å². The molecule has 0 atom stereocenters. The number of rotatable bonds is 4. The quantitative estimate of drug-likeness (QED) is 0.855. The minimum absolute atomic E-state index is 0.787. The molecule has 0 saturated carbocycles. The second-order valence-electron chi connectivity index (χ2n) is 3.57. The SMILES string of the molecule is CNCc1cc(-c2ccoc2)ccc1OC. The zero-order valence-corrected chi connectivity index (χ0v) is 9.49. The molecule has 0 unspecified atom stereocenters. The van der Waals surface area contributed by atoms with E-state index >= 15 is 0 Å². The fraction of sp³-hybridized carbons (Fsp3) is 0.231. The van der Waals surface area contributed by atoms with Gasteiger partial charge in [-0.05, 0) is 30.8 Å². The number of hydrogen-bond donors (Lipinski definition) is 1. The van der Waals surface area contributed by atoms with Crippen molar-refractivity contribution in [2.75, 3.05) is 14.2 Å². The Labute approximate surface area is 95.0 Å². The number of hydrogen-bond acceptors (Lipinski definition) is 3. The Morgan fingerprint density at radius 2 is 2.12 bits per heavy atom. The van der Waals surface area contributed by atoms with Crippen molar-refractivity contribution in [1.29, 1.82) is 0 Å². The molecule has 3 nitrogen and oxygen atoms in total. The molecule has 2 rings (SSSR count). The van der Waals surface area contributed by atoms with E-state index in [1.807, 2.05) is 25.2 Å². The minimum atomic E-state index is 0.787. The Bertz CT molecular complexity index is 449. The molecule has 0 spiro atoms. The van der Waals surface area contributed by atoms with E-state index in [0.717, 1.165) is 29.0 Å². The summed E-state index contributed by atoms with van der Waals surface area (Å²) in [6, 6.07) is 8.07. The zero-order valence-electron chi connectivity index (χ0n) is 9.49. The first-order valence-corrected chi connectivity index (χ1v) is 5.19. The molecule has 0 saturated heterocycles. The van der Waals surface area contributed by atoms with Gasteiger partial charge in [-0.15, -0.1) is 0 Å². The average molecular weight is 217 g/mol. The highest BCUT2D eigenvalue weighted by Crippen LogP contribution is 2.26. The van der Waals surface area contributed by atoms with E-state index in [0.29, 0.717) is 0 Å². The van der Waals surface area contributed by atoms with Crippen LogP contribution in [0.15, 0.2) is 41.2 Å². The highest BCUT2D eigenvalue weighted by atomic mass is 16.5. The van der Waals surface area contributed by atoms with Crippen LogP contribution in [-0.2, 0) is 6.54 Å². The van der Waals surface area contributed by atoms with Gasteiger partial charge in [-0.2, -0.15) is 0 Å². The van der Waals surface area contributed by atoms with Gasteiger partial charge in [0.2, 0.25) is 0 Å². The summed E-state index contributed by atoms with van der Waals surface area (Å²) in [5.74, 6) is 0.904. The summed E-state index contributed by atoms with van der Waals surface area (Å²) in [5, 5.41) is 3.13. The van der Waals surface area contributed by atoms with Gasteiger partial charge < -0.3 is 14.5 Å². The molecule has 84 valence electrons. The van der Waals surface area contributed by atoms with Gasteiger partial charge in [-0.25, -0.2) is 0 Å². The van der Waals surface area contributed by atoms with Crippen LogP contribution in [0.4, 0.5) is 0 Å². The van der Waals surface area contributed by atoms with Crippen molar-refractivity contribution in [3.05, 3.63) is 42.4 Å². The van der Waals surface area contributed by atoms with Crippen molar-refractivity contribution < 1.29 is 9.15 Å². The zero-order chi connectivity index (χ0) is 11.4. The predicted octanol–water partition coefficient (Wildman–Crippen LogP) is 2.67. The molecule has 1 heterocycles. The molecule has 0 aliphatic rings. The van der Waals surface area contributed by atoms with Crippen LogP contribution in [0.1, 0.15) is 5.56 Å². The molecular formula is C13H15NO2. The van der Waals surface area contributed by atoms with E-state index in [1.54, 1.807) is 19.6 Å². The molecule has 0 bridgehead atoms. The molecule has 0 fully saturated rings. The molecule has 16 heavy (non-hydrogen) atoms. The number of methoxy groups -OCH3 is 1. The fourth-order valence-electron chi connectivity index (χ4n) is 1.72. The highest BCUT2D eigenvalue weighted by Gasteiger charge is 2.05. The number of nitrogens with one attached hydrogen (secondary N) is 1. The topological polar surface area (TPSA) is 34.4 Å². The summed E-state index contributed by atoms with van der Waals surface area (Å²) in [6.07, 6.45) is 3.42. The first kappa shape index (κ1) is 10.8. The molecule has 2 aromatic rings. The summed E-state index contributed by atoms with van der Waals surface area (Å²) in [5.41, 5.74) is 3.36. The van der Waals surface area contributed by atoms with E-state index in [1.165, 1.54) is 0 Å². The van der Waals surface area contributed by atoms with Crippen molar-refractivity contribution in [2.45, 2.75) is 6.54 Å². The molecule has 0 amide bonds. The van der Waals surface area contributed by atoms with Crippen LogP contribution >= 0.6 is 0 Å². The lowest BCUT2D eigenvalue weighted by atomic mass is 10.0. The Kier molecular flexibility index (Phi) is 3.27. The Balaban J connectivity index is 2.39. The van der Waals surface area contributed by atoms with Gasteiger partial charge in [-0.1, -0.05) is 6.07 Å². The molecule has 0 radical (unpaired) electrons. The lowest BCUT2D eigenvalue weighted by molar-refractivity contribution is 0.408. The summed E-state index contributed by atoms with van der Waals surface area (Å²) >= 11 is 0. The van der Waals surface area contributed by atoms with Crippen molar-refractivity contribution in [1.82, 2.24) is 5.32 Å². The normalized spacial score (nSPS) is 10.4. The second kappa shape index (κ2) is 4.86. The predicted molar refractivity (Wildman–Crippen MR) is 63.5 cm³/mol. The molecule has 0 aliphatic heterocycles. The summed E-state index contributed by atoms with van der Waals surface area (Å²) in [7, 11) is 3.61. The van der Waals surface area contributed by atoms with Gasteiger partial charge in [0.1, 0.15) is 5.75 Å². The van der Waals surface area contributed by atoms with Crippen molar-refractivity contribution in [3.8, 4) is 16.9 Å². The second-order valence-corrected chi connectivity index (χ2v) is 3.57. The third-order valence-corrected chi connectivity index (χ3v) is 2.50. The third-order valence-electron chi connectivity index (χ3n) is 2.50. The molecule has 0 aliphatic carbocycles. The molecule has 1 aromatic heterocycles. The maximum absolute atomic E-state index is 5.31. The monoisotopic (exact) mass is 217 g/mol. The first-order valence-electron chi connectivity index (χ1n) is 5.19. The Morgan fingerprint density at radius 1 is 1.25 bits per heavy atom. The number of benzene rings is 1. The van der Waals surface area contributed by atoms with Crippen molar-refractivity contribution >= 4 is 0 Å². The maximum atomic E-state index is 5.31. The molecule has 1 aromatic carbocycles. The van der Waals surface area contributed by atoms with Crippen LogP contribution in [0.25, 0.3) is 11.1 Å². The standard InChI is InChI=1S/C13H15NO2/c1-14-8-12-7-10(3-4-13(12)15-2)11-5-6-16-9-11/h3-7,9,14H,8H2,1-2H3. The van der Waals surface area contributed by atoms with E-state index in [9.17, 15) is 0 Å². The Hall–Kier alpha value is -1.74. The van der Waals surface area contributed by atoms with Crippen molar-refractivity contribution in [3.63, 3.8) is 0 Å². The first-order chi connectivity index (χ1) is 7.85. The van der Waals surface area contributed by atoms with Gasteiger partial charge >= 0.3 is 0 Å². The fourth-order valence-corrected chi connectivity index (χ4v) is 1.72. The van der Waals surface area contributed by atoms with Gasteiger partial charge in [0, 0.05) is 17.7 Å². The smallest absolute Gasteiger partial charge is 0.123 e. The lowest BCUT2D eigenvalue weighted by Gasteiger charge is -2.09. The van der Waals surface area contributed by atoms with E-state index < -0.39 is 0 Å². The summed E-state index contributed by atoms with van der Waals surface area (Å²) in [4.78, 5) is 0. The third kappa shape index (κ3) is 2.09. The van der Waals surface area contributed by atoms with Crippen LogP contribution < -0.4 is 10.1 Å².